The Labute approximate surface area is 108 Å². The lowest BCUT2D eigenvalue weighted by molar-refractivity contribution is 0.509. The van der Waals surface area contributed by atoms with Crippen molar-refractivity contribution in [1.29, 1.82) is 0 Å². The molecule has 2 atom stereocenters. The molecule has 0 heteroatoms. The van der Waals surface area contributed by atoms with Gasteiger partial charge in [0.15, 0.2) is 0 Å². The molecular formula is C17H30. The van der Waals surface area contributed by atoms with Crippen molar-refractivity contribution in [2.75, 3.05) is 0 Å². The number of fused-ring (bicyclic) bond motifs is 1. The van der Waals surface area contributed by atoms with Gasteiger partial charge in [-0.25, -0.2) is 0 Å². The fraction of sp³-hybridized carbons (Fsp3) is 0.765. The third kappa shape index (κ3) is 3.47. The summed E-state index contributed by atoms with van der Waals surface area (Å²) < 4.78 is 0. The van der Waals surface area contributed by atoms with Crippen LogP contribution in [0.15, 0.2) is 22.8 Å². The van der Waals surface area contributed by atoms with Gasteiger partial charge in [0.1, 0.15) is 0 Å². The van der Waals surface area contributed by atoms with Gasteiger partial charge in [-0.1, -0.05) is 57.3 Å². The van der Waals surface area contributed by atoms with Crippen molar-refractivity contribution < 1.29 is 0 Å². The zero-order valence-corrected chi connectivity index (χ0v) is 12.5. The molecule has 0 radical (unpaired) electrons. The standard InChI is InChI=1S/C14H22.C3H8/c1-4-6-13-10(2)9-12-7-5-8-14(12)11(13)3;1-3-2/h9,12,14H,4-8H2,1-3H3;3H2,1-2H3. The molecular weight excluding hydrogens is 204 g/mol. The quantitative estimate of drug-likeness (QED) is 0.558. The Morgan fingerprint density at radius 1 is 1.12 bits per heavy atom. The molecule has 0 aromatic carbocycles. The lowest BCUT2D eigenvalue weighted by Crippen LogP contribution is -2.14. The molecule has 2 aliphatic rings. The van der Waals surface area contributed by atoms with Gasteiger partial charge in [0.05, 0.1) is 0 Å². The average molecular weight is 234 g/mol. The SMILES string of the molecule is CCC.CCCC1=C(C)C2CCCC2C=C1C. The topological polar surface area (TPSA) is 0 Å². The van der Waals surface area contributed by atoms with Crippen molar-refractivity contribution in [1.82, 2.24) is 0 Å². The van der Waals surface area contributed by atoms with Crippen molar-refractivity contribution in [2.24, 2.45) is 11.8 Å². The number of rotatable bonds is 2. The van der Waals surface area contributed by atoms with Gasteiger partial charge < -0.3 is 0 Å². The summed E-state index contributed by atoms with van der Waals surface area (Å²) in [6.07, 6.45) is 10.7. The summed E-state index contributed by atoms with van der Waals surface area (Å²) >= 11 is 0. The van der Waals surface area contributed by atoms with Gasteiger partial charge in [-0.15, -0.1) is 0 Å². The highest BCUT2D eigenvalue weighted by molar-refractivity contribution is 5.39. The highest BCUT2D eigenvalue weighted by Crippen LogP contribution is 2.44. The van der Waals surface area contributed by atoms with Crippen molar-refractivity contribution in [2.45, 2.75) is 73.1 Å². The van der Waals surface area contributed by atoms with Gasteiger partial charge in [-0.2, -0.15) is 0 Å². The molecule has 98 valence electrons. The molecule has 1 saturated carbocycles. The third-order valence-corrected chi connectivity index (χ3v) is 4.04. The second kappa shape index (κ2) is 7.03. The highest BCUT2D eigenvalue weighted by Gasteiger charge is 2.31. The maximum atomic E-state index is 2.55. The molecule has 0 saturated heterocycles. The van der Waals surface area contributed by atoms with Crippen LogP contribution >= 0.6 is 0 Å². The van der Waals surface area contributed by atoms with E-state index in [4.69, 9.17) is 0 Å². The van der Waals surface area contributed by atoms with Crippen LogP contribution in [0.5, 0.6) is 0 Å². The number of hydrogen-bond donors (Lipinski definition) is 0. The fourth-order valence-corrected chi connectivity index (χ4v) is 3.33. The minimum atomic E-state index is 0.885. The van der Waals surface area contributed by atoms with Gasteiger partial charge in [-0.05, 0) is 50.5 Å². The second-order valence-electron chi connectivity index (χ2n) is 5.67. The lowest BCUT2D eigenvalue weighted by Gasteiger charge is -2.27. The molecule has 0 heterocycles. The molecule has 0 aromatic heterocycles. The van der Waals surface area contributed by atoms with E-state index in [1.165, 1.54) is 38.5 Å². The maximum absolute atomic E-state index is 2.55. The first kappa shape index (κ1) is 14.5. The van der Waals surface area contributed by atoms with Crippen molar-refractivity contribution in [3.8, 4) is 0 Å². The van der Waals surface area contributed by atoms with Gasteiger partial charge >= 0.3 is 0 Å². The van der Waals surface area contributed by atoms with Crippen LogP contribution < -0.4 is 0 Å². The largest absolute Gasteiger partial charge is 0.0776 e. The normalized spacial score (nSPS) is 27.2. The monoisotopic (exact) mass is 234 g/mol. The van der Waals surface area contributed by atoms with E-state index in [9.17, 15) is 0 Å². The molecule has 0 amide bonds. The predicted octanol–water partition coefficient (Wildman–Crippen LogP) is 5.90. The van der Waals surface area contributed by atoms with Crippen LogP contribution in [-0.4, -0.2) is 0 Å². The van der Waals surface area contributed by atoms with Crippen LogP contribution in [0.4, 0.5) is 0 Å². The van der Waals surface area contributed by atoms with E-state index in [1.807, 2.05) is 0 Å². The van der Waals surface area contributed by atoms with E-state index in [-0.39, 0.29) is 0 Å². The summed E-state index contributed by atoms with van der Waals surface area (Å²) in [6, 6.07) is 0. The fourth-order valence-electron chi connectivity index (χ4n) is 3.33. The molecule has 2 rings (SSSR count). The molecule has 0 aliphatic heterocycles. The van der Waals surface area contributed by atoms with E-state index < -0.39 is 0 Å². The molecule has 2 unspecified atom stereocenters. The van der Waals surface area contributed by atoms with Crippen molar-refractivity contribution in [3.05, 3.63) is 22.8 Å². The summed E-state index contributed by atoms with van der Waals surface area (Å²) in [5.74, 6) is 1.79. The zero-order valence-electron chi connectivity index (χ0n) is 12.5. The van der Waals surface area contributed by atoms with E-state index >= 15 is 0 Å². The highest BCUT2D eigenvalue weighted by atomic mass is 14.4. The van der Waals surface area contributed by atoms with Gasteiger partial charge in [0.2, 0.25) is 0 Å². The molecule has 2 aliphatic carbocycles. The molecule has 1 fully saturated rings. The first-order valence-electron chi connectivity index (χ1n) is 7.54. The summed E-state index contributed by atoms with van der Waals surface area (Å²) in [5.41, 5.74) is 4.97. The molecule has 0 spiro atoms. The van der Waals surface area contributed by atoms with Gasteiger partial charge in [-0.3, -0.25) is 0 Å². The van der Waals surface area contributed by atoms with E-state index in [0.29, 0.717) is 0 Å². The summed E-state index contributed by atoms with van der Waals surface area (Å²) in [6.45, 7) is 11.2. The van der Waals surface area contributed by atoms with Crippen LogP contribution in [0.3, 0.4) is 0 Å². The van der Waals surface area contributed by atoms with Crippen LogP contribution in [0, 0.1) is 11.8 Å². The predicted molar refractivity (Wildman–Crippen MR) is 78.2 cm³/mol. The summed E-state index contributed by atoms with van der Waals surface area (Å²) in [4.78, 5) is 0. The molecule has 0 N–H and O–H groups in total. The minimum Gasteiger partial charge on any atom is -0.0776 e. The van der Waals surface area contributed by atoms with Crippen molar-refractivity contribution in [3.63, 3.8) is 0 Å². The van der Waals surface area contributed by atoms with Crippen molar-refractivity contribution >= 4 is 0 Å². The van der Waals surface area contributed by atoms with Gasteiger partial charge in [0.25, 0.3) is 0 Å². The Hall–Kier alpha value is -0.520. The molecule has 17 heavy (non-hydrogen) atoms. The Balaban J connectivity index is 0.000000437. The Bertz CT molecular complexity index is 293. The van der Waals surface area contributed by atoms with Crippen LogP contribution in [0.2, 0.25) is 0 Å². The maximum Gasteiger partial charge on any atom is -0.0137 e. The molecule has 0 bridgehead atoms. The average Bonchev–Trinajstić information content (AvgIpc) is 2.73. The van der Waals surface area contributed by atoms with Crippen LogP contribution in [0.1, 0.15) is 73.1 Å². The minimum absolute atomic E-state index is 0.885. The third-order valence-electron chi connectivity index (χ3n) is 4.04. The second-order valence-corrected chi connectivity index (χ2v) is 5.67. The molecule has 0 nitrogen and oxygen atoms in total. The lowest BCUT2D eigenvalue weighted by atomic mass is 9.78. The smallest absolute Gasteiger partial charge is 0.0137 e. The van der Waals surface area contributed by atoms with E-state index in [0.717, 1.165) is 11.8 Å². The summed E-state index contributed by atoms with van der Waals surface area (Å²) in [7, 11) is 0. The Morgan fingerprint density at radius 3 is 2.35 bits per heavy atom. The van der Waals surface area contributed by atoms with Crippen LogP contribution in [-0.2, 0) is 0 Å². The number of allylic oxidation sites excluding steroid dienone is 4. The molecule has 0 aromatic rings. The zero-order chi connectivity index (χ0) is 12.8. The first-order valence-corrected chi connectivity index (χ1v) is 7.54. The summed E-state index contributed by atoms with van der Waals surface area (Å²) in [5, 5.41) is 0. The Morgan fingerprint density at radius 2 is 1.76 bits per heavy atom. The van der Waals surface area contributed by atoms with Gasteiger partial charge in [0, 0.05) is 0 Å². The van der Waals surface area contributed by atoms with E-state index in [1.54, 1.807) is 16.7 Å². The van der Waals surface area contributed by atoms with Crippen LogP contribution in [0.25, 0.3) is 0 Å². The first-order chi connectivity index (χ1) is 8.15. The number of hydrogen-bond acceptors (Lipinski definition) is 0. The Kier molecular flexibility index (Phi) is 6.02. The van der Waals surface area contributed by atoms with E-state index in [2.05, 4.69) is 40.7 Å².